The summed E-state index contributed by atoms with van der Waals surface area (Å²) in [5.74, 6) is 1.71. The molecule has 0 heterocycles. The Balaban J connectivity index is 3.18. The van der Waals surface area contributed by atoms with E-state index < -0.39 is 0 Å². The molecule has 1 rings (SSSR count). The maximum atomic E-state index is 5.50. The third-order valence-electron chi connectivity index (χ3n) is 1.74. The average molecular weight is 277 g/mol. The fraction of sp³-hybridized carbons (Fsp3) is 0.400. The summed E-state index contributed by atoms with van der Waals surface area (Å²) >= 11 is 5.06. The number of thioether (sulfide) groups is 1. The molecule has 0 spiro atoms. The Morgan fingerprint density at radius 2 is 2.14 bits per heavy atom. The molecule has 0 amide bonds. The third-order valence-corrected chi connectivity index (χ3v) is 3.16. The summed E-state index contributed by atoms with van der Waals surface area (Å²) in [6, 6.07) is 3.88. The molecule has 0 saturated carbocycles. The molecule has 78 valence electrons. The Morgan fingerprint density at radius 3 is 2.64 bits per heavy atom. The summed E-state index contributed by atoms with van der Waals surface area (Å²) in [7, 11) is 1.66. The molecule has 0 N–H and O–H groups in total. The summed E-state index contributed by atoms with van der Waals surface area (Å²) in [6.45, 7) is 2.64. The Bertz CT molecular complexity index is 315. The van der Waals surface area contributed by atoms with Crippen LogP contribution in [-0.2, 0) is 0 Å². The molecule has 0 aliphatic heterocycles. The van der Waals surface area contributed by atoms with Gasteiger partial charge in [-0.3, -0.25) is 0 Å². The zero-order valence-corrected chi connectivity index (χ0v) is 10.9. The summed E-state index contributed by atoms with van der Waals surface area (Å²) < 4.78 is 11.8. The molecule has 0 fully saturated rings. The number of methoxy groups -OCH3 is 1. The summed E-state index contributed by atoms with van der Waals surface area (Å²) in [5.41, 5.74) is 0. The van der Waals surface area contributed by atoms with Gasteiger partial charge in [-0.1, -0.05) is 0 Å². The lowest BCUT2D eigenvalue weighted by molar-refractivity contribution is 0.324. The van der Waals surface area contributed by atoms with Crippen molar-refractivity contribution in [1.82, 2.24) is 0 Å². The molecule has 0 bridgehead atoms. The number of hydrogen-bond donors (Lipinski definition) is 0. The largest absolute Gasteiger partial charge is 0.494 e. The highest BCUT2D eigenvalue weighted by atomic mass is 79.9. The van der Waals surface area contributed by atoms with Crippen LogP contribution in [0.1, 0.15) is 6.92 Å². The zero-order chi connectivity index (χ0) is 10.6. The second-order valence-corrected chi connectivity index (χ2v) is 4.22. The molecule has 0 aliphatic carbocycles. The van der Waals surface area contributed by atoms with Gasteiger partial charge in [-0.05, 0) is 41.2 Å². The van der Waals surface area contributed by atoms with Crippen molar-refractivity contribution in [2.24, 2.45) is 0 Å². The van der Waals surface area contributed by atoms with Crippen molar-refractivity contribution < 1.29 is 9.47 Å². The molecular formula is C10H13BrO2S. The van der Waals surface area contributed by atoms with Gasteiger partial charge in [0.15, 0.2) is 0 Å². The molecular weight excluding hydrogens is 264 g/mol. The first-order valence-electron chi connectivity index (χ1n) is 4.27. The van der Waals surface area contributed by atoms with Gasteiger partial charge >= 0.3 is 0 Å². The molecule has 0 radical (unpaired) electrons. The second-order valence-electron chi connectivity index (χ2n) is 2.55. The lowest BCUT2D eigenvalue weighted by Gasteiger charge is -2.13. The predicted octanol–water partition coefficient (Wildman–Crippen LogP) is 3.58. The Kier molecular flexibility index (Phi) is 4.62. The highest BCUT2D eigenvalue weighted by molar-refractivity contribution is 9.10. The average Bonchev–Trinajstić information content (AvgIpc) is 2.20. The van der Waals surface area contributed by atoms with Crippen LogP contribution in [0.2, 0.25) is 0 Å². The van der Waals surface area contributed by atoms with Crippen LogP contribution in [0.5, 0.6) is 11.5 Å². The maximum Gasteiger partial charge on any atom is 0.150 e. The smallest absolute Gasteiger partial charge is 0.150 e. The maximum absolute atomic E-state index is 5.50. The van der Waals surface area contributed by atoms with E-state index in [-0.39, 0.29) is 0 Å². The molecule has 0 saturated heterocycles. The van der Waals surface area contributed by atoms with E-state index in [1.165, 1.54) is 0 Å². The number of hydrogen-bond acceptors (Lipinski definition) is 3. The van der Waals surface area contributed by atoms with E-state index in [0.29, 0.717) is 6.61 Å². The molecule has 4 heteroatoms. The lowest BCUT2D eigenvalue weighted by Crippen LogP contribution is -1.96. The predicted molar refractivity (Wildman–Crippen MR) is 63.6 cm³/mol. The summed E-state index contributed by atoms with van der Waals surface area (Å²) in [5, 5.41) is 0. The number of benzene rings is 1. The monoisotopic (exact) mass is 276 g/mol. The van der Waals surface area contributed by atoms with E-state index in [1.54, 1.807) is 18.9 Å². The number of ether oxygens (including phenoxy) is 2. The normalized spacial score (nSPS) is 10.0. The fourth-order valence-electron chi connectivity index (χ4n) is 1.17. The van der Waals surface area contributed by atoms with Crippen LogP contribution < -0.4 is 9.47 Å². The minimum Gasteiger partial charge on any atom is -0.494 e. The highest BCUT2D eigenvalue weighted by Crippen LogP contribution is 2.41. The van der Waals surface area contributed by atoms with E-state index in [4.69, 9.17) is 9.47 Å². The van der Waals surface area contributed by atoms with Crippen molar-refractivity contribution in [3.63, 3.8) is 0 Å². The van der Waals surface area contributed by atoms with Crippen molar-refractivity contribution in [1.29, 1.82) is 0 Å². The van der Waals surface area contributed by atoms with E-state index >= 15 is 0 Å². The van der Waals surface area contributed by atoms with Gasteiger partial charge in [0.1, 0.15) is 11.5 Å². The standard InChI is InChI=1S/C10H13BrO2S/c1-4-13-8-6-5-7(11)9(12-2)10(8)14-3/h5-6H,4H2,1-3H3. The minimum absolute atomic E-state index is 0.665. The van der Waals surface area contributed by atoms with Gasteiger partial charge in [0.05, 0.1) is 23.1 Å². The molecule has 1 aromatic carbocycles. The van der Waals surface area contributed by atoms with Crippen LogP contribution in [0.3, 0.4) is 0 Å². The van der Waals surface area contributed by atoms with Crippen LogP contribution in [0.25, 0.3) is 0 Å². The highest BCUT2D eigenvalue weighted by Gasteiger charge is 2.12. The van der Waals surface area contributed by atoms with Gasteiger partial charge < -0.3 is 9.47 Å². The van der Waals surface area contributed by atoms with Gasteiger partial charge in [0.25, 0.3) is 0 Å². The van der Waals surface area contributed by atoms with Gasteiger partial charge in [-0.25, -0.2) is 0 Å². The van der Waals surface area contributed by atoms with Gasteiger partial charge in [-0.2, -0.15) is 0 Å². The lowest BCUT2D eigenvalue weighted by atomic mass is 10.3. The van der Waals surface area contributed by atoms with E-state index in [0.717, 1.165) is 20.9 Å². The Hall–Kier alpha value is -0.350. The summed E-state index contributed by atoms with van der Waals surface area (Å²) in [6.07, 6.45) is 2.01. The first-order valence-corrected chi connectivity index (χ1v) is 6.29. The first-order chi connectivity index (χ1) is 6.74. The zero-order valence-electron chi connectivity index (χ0n) is 8.46. The molecule has 0 unspecified atom stereocenters. The SMILES string of the molecule is CCOc1ccc(Br)c(OC)c1SC. The van der Waals surface area contributed by atoms with Gasteiger partial charge in [0.2, 0.25) is 0 Å². The number of halogens is 1. The molecule has 0 atom stereocenters. The van der Waals surface area contributed by atoms with E-state index in [2.05, 4.69) is 15.9 Å². The summed E-state index contributed by atoms with van der Waals surface area (Å²) in [4.78, 5) is 1.03. The quantitative estimate of drug-likeness (QED) is 0.784. The third kappa shape index (κ3) is 2.36. The van der Waals surface area contributed by atoms with Crippen LogP contribution in [0.15, 0.2) is 21.5 Å². The minimum atomic E-state index is 0.665. The second kappa shape index (κ2) is 5.51. The van der Waals surface area contributed by atoms with Crippen LogP contribution in [0, 0.1) is 0 Å². The van der Waals surface area contributed by atoms with Gasteiger partial charge in [-0.15, -0.1) is 11.8 Å². The topological polar surface area (TPSA) is 18.5 Å². The van der Waals surface area contributed by atoms with Gasteiger partial charge in [0, 0.05) is 0 Å². The Labute approximate surface area is 97.1 Å². The van der Waals surface area contributed by atoms with Crippen molar-refractivity contribution in [2.45, 2.75) is 11.8 Å². The van der Waals surface area contributed by atoms with Crippen molar-refractivity contribution in [3.05, 3.63) is 16.6 Å². The van der Waals surface area contributed by atoms with Crippen molar-refractivity contribution >= 4 is 27.7 Å². The molecule has 0 aliphatic rings. The molecule has 1 aromatic rings. The number of rotatable bonds is 4. The van der Waals surface area contributed by atoms with Crippen molar-refractivity contribution in [2.75, 3.05) is 20.0 Å². The van der Waals surface area contributed by atoms with Crippen molar-refractivity contribution in [3.8, 4) is 11.5 Å². The first kappa shape index (κ1) is 11.7. The van der Waals surface area contributed by atoms with Crippen LogP contribution >= 0.6 is 27.7 Å². The Morgan fingerprint density at radius 1 is 1.43 bits per heavy atom. The van der Waals surface area contributed by atoms with E-state index in [1.807, 2.05) is 25.3 Å². The molecule has 0 aromatic heterocycles. The van der Waals surface area contributed by atoms with Crippen LogP contribution in [0.4, 0.5) is 0 Å². The van der Waals surface area contributed by atoms with Crippen LogP contribution in [-0.4, -0.2) is 20.0 Å². The molecule has 2 nitrogen and oxygen atoms in total. The molecule has 14 heavy (non-hydrogen) atoms. The van der Waals surface area contributed by atoms with E-state index in [9.17, 15) is 0 Å². The fourth-order valence-corrected chi connectivity index (χ4v) is 2.50.